The van der Waals surface area contributed by atoms with E-state index in [1.54, 1.807) is 42.5 Å². The van der Waals surface area contributed by atoms with E-state index in [9.17, 15) is 13.6 Å². The van der Waals surface area contributed by atoms with Crippen LogP contribution in [-0.2, 0) is 4.79 Å². The largest absolute Gasteiger partial charge is 0.484 e. The van der Waals surface area contributed by atoms with Crippen LogP contribution < -0.4 is 10.1 Å². The molecule has 0 saturated carbocycles. The Labute approximate surface area is 170 Å². The second-order valence-electron chi connectivity index (χ2n) is 6.27. The fourth-order valence-corrected chi connectivity index (χ4v) is 2.69. The molecule has 1 aromatic heterocycles. The van der Waals surface area contributed by atoms with Crippen molar-refractivity contribution in [3.63, 3.8) is 0 Å². The Hall–Kier alpha value is -4.07. The standard InChI is InChI=1S/C22H15F2N3O3/c23-15-8-10-16(11-9-15)25-20(28)13-29-17-5-3-4-14(12-17)21-26-22(30-27-21)18-6-1-2-7-19(18)24/h1-12H,13H2,(H,25,28). The number of ether oxygens (including phenoxy) is 1. The number of aromatic nitrogens is 2. The van der Waals surface area contributed by atoms with Gasteiger partial charge in [0.25, 0.3) is 11.8 Å². The Morgan fingerprint density at radius 3 is 2.60 bits per heavy atom. The summed E-state index contributed by atoms with van der Waals surface area (Å²) in [5.41, 5.74) is 1.25. The maximum atomic E-state index is 13.9. The van der Waals surface area contributed by atoms with E-state index in [0.29, 0.717) is 17.0 Å². The summed E-state index contributed by atoms with van der Waals surface area (Å²) in [7, 11) is 0. The van der Waals surface area contributed by atoms with Gasteiger partial charge in [-0.15, -0.1) is 0 Å². The molecule has 0 bridgehead atoms. The first-order valence-electron chi connectivity index (χ1n) is 8.96. The zero-order chi connectivity index (χ0) is 20.9. The van der Waals surface area contributed by atoms with Gasteiger partial charge in [0.1, 0.15) is 17.4 Å². The normalized spacial score (nSPS) is 10.6. The smallest absolute Gasteiger partial charge is 0.262 e. The van der Waals surface area contributed by atoms with Gasteiger partial charge in [-0.2, -0.15) is 4.98 Å². The van der Waals surface area contributed by atoms with Gasteiger partial charge in [-0.05, 0) is 48.5 Å². The first kappa shape index (κ1) is 19.3. The minimum absolute atomic E-state index is 0.0631. The number of nitrogens with zero attached hydrogens (tertiary/aromatic N) is 2. The number of amides is 1. The second kappa shape index (κ2) is 8.52. The van der Waals surface area contributed by atoms with Crippen molar-refractivity contribution in [2.75, 3.05) is 11.9 Å². The first-order valence-corrected chi connectivity index (χ1v) is 8.96. The Bertz CT molecular complexity index is 1180. The molecule has 6 nitrogen and oxygen atoms in total. The van der Waals surface area contributed by atoms with Crippen LogP contribution >= 0.6 is 0 Å². The van der Waals surface area contributed by atoms with Crippen LogP contribution in [0, 0.1) is 11.6 Å². The average Bonchev–Trinajstić information content (AvgIpc) is 3.25. The van der Waals surface area contributed by atoms with Crippen LogP contribution in [0.25, 0.3) is 22.8 Å². The average molecular weight is 407 g/mol. The van der Waals surface area contributed by atoms with Gasteiger partial charge >= 0.3 is 0 Å². The lowest BCUT2D eigenvalue weighted by atomic mass is 10.2. The topological polar surface area (TPSA) is 77.2 Å². The molecule has 0 aliphatic heterocycles. The van der Waals surface area contributed by atoms with Crippen molar-refractivity contribution >= 4 is 11.6 Å². The van der Waals surface area contributed by atoms with Gasteiger partial charge in [-0.25, -0.2) is 8.78 Å². The molecule has 150 valence electrons. The predicted molar refractivity (Wildman–Crippen MR) is 106 cm³/mol. The van der Waals surface area contributed by atoms with Gasteiger partial charge < -0.3 is 14.6 Å². The van der Waals surface area contributed by atoms with Crippen molar-refractivity contribution < 1.29 is 22.8 Å². The molecule has 0 unspecified atom stereocenters. The summed E-state index contributed by atoms with van der Waals surface area (Å²) in [6, 6.07) is 18.3. The quantitative estimate of drug-likeness (QED) is 0.501. The monoisotopic (exact) mass is 407 g/mol. The molecule has 4 aromatic rings. The third-order valence-corrected chi connectivity index (χ3v) is 4.12. The molecular formula is C22H15F2N3O3. The van der Waals surface area contributed by atoms with E-state index >= 15 is 0 Å². The van der Waals surface area contributed by atoms with E-state index in [4.69, 9.17) is 9.26 Å². The van der Waals surface area contributed by atoms with Crippen molar-refractivity contribution in [2.45, 2.75) is 0 Å². The summed E-state index contributed by atoms with van der Waals surface area (Å²) in [5.74, 6) is -0.507. The molecule has 0 spiro atoms. The number of anilines is 1. The highest BCUT2D eigenvalue weighted by molar-refractivity contribution is 5.91. The molecule has 0 aliphatic carbocycles. The fraction of sp³-hybridized carbons (Fsp3) is 0.0455. The zero-order valence-electron chi connectivity index (χ0n) is 15.5. The van der Waals surface area contributed by atoms with Crippen LogP contribution in [0.4, 0.5) is 14.5 Å². The van der Waals surface area contributed by atoms with Crippen molar-refractivity contribution in [1.29, 1.82) is 0 Å². The molecule has 1 N–H and O–H groups in total. The SMILES string of the molecule is O=C(COc1cccc(-c2noc(-c3ccccc3F)n2)c1)Nc1ccc(F)cc1. The van der Waals surface area contributed by atoms with Gasteiger partial charge in [-0.1, -0.05) is 29.4 Å². The molecule has 0 aliphatic rings. The Morgan fingerprint density at radius 1 is 1.00 bits per heavy atom. The zero-order valence-corrected chi connectivity index (χ0v) is 15.5. The molecular weight excluding hydrogens is 392 g/mol. The Morgan fingerprint density at radius 2 is 1.80 bits per heavy atom. The van der Waals surface area contributed by atoms with E-state index in [1.807, 2.05) is 0 Å². The van der Waals surface area contributed by atoms with Crippen LogP contribution in [0.3, 0.4) is 0 Å². The molecule has 4 rings (SSSR count). The number of hydrogen-bond donors (Lipinski definition) is 1. The van der Waals surface area contributed by atoms with Crippen molar-refractivity contribution in [1.82, 2.24) is 10.1 Å². The van der Waals surface area contributed by atoms with Gasteiger partial charge in [0.05, 0.1) is 5.56 Å². The van der Waals surface area contributed by atoms with Gasteiger partial charge in [0.2, 0.25) is 5.82 Å². The van der Waals surface area contributed by atoms with Crippen LogP contribution in [0.1, 0.15) is 0 Å². The molecule has 0 saturated heterocycles. The molecule has 0 radical (unpaired) electrons. The number of benzene rings is 3. The van der Waals surface area contributed by atoms with E-state index in [0.717, 1.165) is 0 Å². The number of rotatable bonds is 6. The van der Waals surface area contributed by atoms with Gasteiger partial charge in [0.15, 0.2) is 6.61 Å². The third kappa shape index (κ3) is 4.49. The molecule has 0 atom stereocenters. The Kier molecular flexibility index (Phi) is 5.47. The molecule has 1 amide bonds. The molecule has 30 heavy (non-hydrogen) atoms. The fourth-order valence-electron chi connectivity index (χ4n) is 2.69. The summed E-state index contributed by atoms with van der Waals surface area (Å²) in [4.78, 5) is 16.2. The summed E-state index contributed by atoms with van der Waals surface area (Å²) in [6.45, 7) is -0.243. The first-order chi connectivity index (χ1) is 14.6. The minimum atomic E-state index is -0.461. The third-order valence-electron chi connectivity index (χ3n) is 4.12. The summed E-state index contributed by atoms with van der Waals surface area (Å²) >= 11 is 0. The van der Waals surface area contributed by atoms with E-state index in [-0.39, 0.29) is 29.7 Å². The number of hydrogen-bond acceptors (Lipinski definition) is 5. The van der Waals surface area contributed by atoms with Gasteiger partial charge in [0, 0.05) is 11.3 Å². The van der Waals surface area contributed by atoms with Crippen molar-refractivity contribution in [2.24, 2.45) is 0 Å². The van der Waals surface area contributed by atoms with Crippen LogP contribution in [0.15, 0.2) is 77.3 Å². The highest BCUT2D eigenvalue weighted by Gasteiger charge is 2.14. The highest BCUT2D eigenvalue weighted by Crippen LogP contribution is 2.26. The number of nitrogens with one attached hydrogen (secondary N) is 1. The molecule has 3 aromatic carbocycles. The molecule has 8 heteroatoms. The number of carbonyl (C=O) groups is 1. The summed E-state index contributed by atoms with van der Waals surface area (Å²) in [6.07, 6.45) is 0. The van der Waals surface area contributed by atoms with E-state index in [2.05, 4.69) is 15.5 Å². The van der Waals surface area contributed by atoms with E-state index in [1.165, 1.54) is 30.3 Å². The van der Waals surface area contributed by atoms with Crippen LogP contribution in [0.2, 0.25) is 0 Å². The van der Waals surface area contributed by atoms with Crippen molar-refractivity contribution in [3.05, 3.63) is 84.4 Å². The Balaban J connectivity index is 1.42. The minimum Gasteiger partial charge on any atom is -0.484 e. The summed E-state index contributed by atoms with van der Waals surface area (Å²) in [5, 5.41) is 6.49. The lowest BCUT2D eigenvalue weighted by Gasteiger charge is -2.08. The van der Waals surface area contributed by atoms with Crippen LogP contribution in [-0.4, -0.2) is 22.7 Å². The molecule has 0 fully saturated rings. The van der Waals surface area contributed by atoms with E-state index < -0.39 is 11.7 Å². The second-order valence-corrected chi connectivity index (χ2v) is 6.27. The maximum Gasteiger partial charge on any atom is 0.262 e. The molecule has 1 heterocycles. The highest BCUT2D eigenvalue weighted by atomic mass is 19.1. The van der Waals surface area contributed by atoms with Crippen molar-refractivity contribution in [3.8, 4) is 28.6 Å². The number of halogens is 2. The summed E-state index contributed by atoms with van der Waals surface area (Å²) < 4.78 is 37.5. The van der Waals surface area contributed by atoms with Gasteiger partial charge in [-0.3, -0.25) is 4.79 Å². The lowest BCUT2D eigenvalue weighted by Crippen LogP contribution is -2.20. The lowest BCUT2D eigenvalue weighted by molar-refractivity contribution is -0.118. The maximum absolute atomic E-state index is 13.9. The predicted octanol–water partition coefficient (Wildman–Crippen LogP) is 4.70. The number of carbonyl (C=O) groups excluding carboxylic acids is 1. The van der Waals surface area contributed by atoms with Crippen LogP contribution in [0.5, 0.6) is 5.75 Å².